The number of Topliss-reactive ketones (excluding diaryl/α,β-unsaturated/α-hetero) is 1. The third-order valence-electron chi connectivity index (χ3n) is 3.81. The predicted octanol–water partition coefficient (Wildman–Crippen LogP) is 5.12. The van der Waals surface area contributed by atoms with Crippen molar-refractivity contribution in [1.29, 1.82) is 0 Å². The quantitative estimate of drug-likeness (QED) is 0.441. The zero-order valence-corrected chi connectivity index (χ0v) is 17.7. The van der Waals surface area contributed by atoms with Crippen LogP contribution in [0.5, 0.6) is 11.5 Å². The maximum atomic E-state index is 12.9. The second-order valence-corrected chi connectivity index (χ2v) is 7.57. The summed E-state index contributed by atoms with van der Waals surface area (Å²) in [4.78, 5) is 23.6. The highest BCUT2D eigenvalue weighted by atomic mass is 79.9. The van der Waals surface area contributed by atoms with E-state index in [1.165, 1.54) is 0 Å². The number of aliphatic carboxylic acids is 1. The molecule has 2 aromatic rings. The lowest BCUT2D eigenvalue weighted by molar-refractivity contribution is -0.139. The largest absolute Gasteiger partial charge is 0.487 e. The Hall–Kier alpha value is -1.83. The van der Waals surface area contributed by atoms with E-state index in [9.17, 15) is 9.59 Å². The van der Waals surface area contributed by atoms with Gasteiger partial charge in [0.1, 0.15) is 18.1 Å². The first-order valence-electron chi connectivity index (χ1n) is 7.79. The zero-order valence-electron chi connectivity index (χ0n) is 13.8. The van der Waals surface area contributed by atoms with Crippen LogP contribution in [-0.2, 0) is 10.1 Å². The molecule has 140 valence electrons. The lowest BCUT2D eigenvalue weighted by atomic mass is 9.97. The number of carboxylic acids is 1. The Kier molecular flexibility index (Phi) is 6.24. The summed E-state index contributed by atoms with van der Waals surface area (Å²) in [6.45, 7) is -0.370. The van der Waals surface area contributed by atoms with Crippen molar-refractivity contribution in [3.8, 4) is 11.5 Å². The van der Waals surface area contributed by atoms with Crippen molar-refractivity contribution in [2.24, 2.45) is 0 Å². The molecule has 1 heterocycles. The van der Waals surface area contributed by atoms with Gasteiger partial charge in [-0.05, 0) is 57.4 Å². The normalized spacial score (nSPS) is 14.6. The van der Waals surface area contributed by atoms with Crippen LogP contribution >= 0.6 is 43.5 Å². The summed E-state index contributed by atoms with van der Waals surface area (Å²) in [5.41, 5.74) is 2.58. The maximum Gasteiger partial charge on any atom is 0.341 e. The van der Waals surface area contributed by atoms with Gasteiger partial charge >= 0.3 is 5.97 Å². The predicted molar refractivity (Wildman–Crippen MR) is 109 cm³/mol. The second-order valence-electron chi connectivity index (χ2n) is 5.75. The van der Waals surface area contributed by atoms with Gasteiger partial charge in [0.25, 0.3) is 0 Å². The molecule has 0 saturated carbocycles. The van der Waals surface area contributed by atoms with Crippen molar-refractivity contribution in [1.82, 2.24) is 0 Å². The number of hydrogen-bond acceptors (Lipinski definition) is 4. The highest BCUT2D eigenvalue weighted by Gasteiger charge is 2.26. The van der Waals surface area contributed by atoms with E-state index in [-0.39, 0.29) is 18.1 Å². The minimum atomic E-state index is -1.10. The van der Waals surface area contributed by atoms with Crippen LogP contribution < -0.4 is 9.47 Å². The van der Waals surface area contributed by atoms with Crippen LogP contribution in [0, 0.1) is 0 Å². The number of fused-ring (bicyclic) bond motifs is 1. The van der Waals surface area contributed by atoms with Crippen LogP contribution in [-0.4, -0.2) is 30.1 Å². The molecule has 1 aliphatic heterocycles. The number of carbonyl (C=O) groups excluding carboxylic acids is 1. The van der Waals surface area contributed by atoms with E-state index in [1.54, 1.807) is 30.3 Å². The molecule has 8 heteroatoms. The van der Waals surface area contributed by atoms with E-state index in [0.717, 1.165) is 10.0 Å². The van der Waals surface area contributed by atoms with Crippen molar-refractivity contribution in [3.05, 3.63) is 62.1 Å². The van der Waals surface area contributed by atoms with Gasteiger partial charge in [0, 0.05) is 10.9 Å². The fourth-order valence-electron chi connectivity index (χ4n) is 2.60. The first kappa shape index (κ1) is 19.9. The van der Waals surface area contributed by atoms with Gasteiger partial charge in [0.2, 0.25) is 0 Å². The summed E-state index contributed by atoms with van der Waals surface area (Å²) >= 11 is 12.9. The van der Waals surface area contributed by atoms with Crippen LogP contribution in [0.4, 0.5) is 0 Å². The van der Waals surface area contributed by atoms with E-state index in [4.69, 9.17) is 26.2 Å². The van der Waals surface area contributed by atoms with E-state index in [0.29, 0.717) is 32.8 Å². The Morgan fingerprint density at radius 1 is 1.33 bits per heavy atom. The van der Waals surface area contributed by atoms with Crippen molar-refractivity contribution in [2.75, 3.05) is 13.2 Å². The molecule has 0 atom stereocenters. The van der Waals surface area contributed by atoms with Gasteiger partial charge in [-0.25, -0.2) is 4.79 Å². The molecule has 3 rings (SSSR count). The Morgan fingerprint density at radius 3 is 2.81 bits per heavy atom. The van der Waals surface area contributed by atoms with Gasteiger partial charge in [-0.15, -0.1) is 0 Å². The number of alkyl halides is 1. The number of benzene rings is 2. The molecule has 0 aromatic heterocycles. The molecule has 0 spiro atoms. The summed E-state index contributed by atoms with van der Waals surface area (Å²) < 4.78 is 11.7. The van der Waals surface area contributed by atoms with E-state index in [1.807, 2.05) is 6.07 Å². The minimum Gasteiger partial charge on any atom is -0.487 e. The van der Waals surface area contributed by atoms with E-state index in [2.05, 4.69) is 31.9 Å². The average molecular weight is 517 g/mol. The number of hydrogen-bond donors (Lipinski definition) is 1. The highest BCUT2D eigenvalue weighted by molar-refractivity contribution is 9.10. The highest BCUT2D eigenvalue weighted by Crippen LogP contribution is 2.37. The topological polar surface area (TPSA) is 72.8 Å². The molecule has 0 aliphatic carbocycles. The zero-order chi connectivity index (χ0) is 19.6. The van der Waals surface area contributed by atoms with Gasteiger partial charge in [0.15, 0.2) is 12.4 Å². The summed E-state index contributed by atoms with van der Waals surface area (Å²) in [6.07, 6.45) is 1.68. The van der Waals surface area contributed by atoms with Gasteiger partial charge in [-0.1, -0.05) is 33.6 Å². The monoisotopic (exact) mass is 514 g/mol. The lowest BCUT2D eigenvalue weighted by Crippen LogP contribution is -2.19. The summed E-state index contributed by atoms with van der Waals surface area (Å²) in [7, 11) is 0. The molecule has 1 aliphatic rings. The second kappa shape index (κ2) is 8.46. The molecular weight excluding hydrogens is 503 g/mol. The van der Waals surface area contributed by atoms with E-state index < -0.39 is 12.6 Å². The molecule has 2 aromatic carbocycles. The van der Waals surface area contributed by atoms with Crippen molar-refractivity contribution in [2.45, 2.75) is 5.33 Å². The van der Waals surface area contributed by atoms with Gasteiger partial charge in [0.05, 0.1) is 15.1 Å². The number of halogens is 3. The average Bonchev–Trinajstić information content (AvgIpc) is 2.64. The Balaban J connectivity index is 1.92. The van der Waals surface area contributed by atoms with E-state index >= 15 is 0 Å². The van der Waals surface area contributed by atoms with Crippen LogP contribution in [0.25, 0.3) is 6.08 Å². The van der Waals surface area contributed by atoms with Crippen LogP contribution in [0.15, 0.2) is 40.4 Å². The summed E-state index contributed by atoms with van der Waals surface area (Å²) in [6, 6.07) is 8.60. The number of carboxylic acid groups (broad SMARTS) is 1. The molecule has 1 N–H and O–H groups in total. The SMILES string of the molecule is O=C(O)COc1cc(/C=C2\COc3c(Br)cc(CBr)cc3C2=O)ccc1Cl. The molecule has 0 unspecified atom stereocenters. The molecule has 5 nitrogen and oxygen atoms in total. The van der Waals surface area contributed by atoms with Crippen LogP contribution in [0.2, 0.25) is 5.02 Å². The molecule has 0 radical (unpaired) electrons. The van der Waals surface area contributed by atoms with Gasteiger partial charge in [-0.2, -0.15) is 0 Å². The molecule has 0 amide bonds. The van der Waals surface area contributed by atoms with Gasteiger partial charge < -0.3 is 14.6 Å². The van der Waals surface area contributed by atoms with Gasteiger partial charge in [-0.3, -0.25) is 4.79 Å². The van der Waals surface area contributed by atoms with Crippen molar-refractivity contribution in [3.63, 3.8) is 0 Å². The Bertz CT molecular complexity index is 955. The fourth-order valence-corrected chi connectivity index (χ4v) is 3.72. The summed E-state index contributed by atoms with van der Waals surface area (Å²) in [5.74, 6) is -0.455. The van der Waals surface area contributed by atoms with Crippen LogP contribution in [0.3, 0.4) is 0 Å². The minimum absolute atomic E-state index is 0.122. The molecule has 0 fully saturated rings. The number of ketones is 1. The molecule has 0 bridgehead atoms. The number of carbonyl (C=O) groups is 2. The van der Waals surface area contributed by atoms with Crippen molar-refractivity contribution < 1.29 is 24.2 Å². The fraction of sp³-hybridized carbons (Fsp3) is 0.158. The Morgan fingerprint density at radius 2 is 2.11 bits per heavy atom. The third-order valence-corrected chi connectivity index (χ3v) is 5.36. The first-order chi connectivity index (χ1) is 12.9. The molecule has 0 saturated heterocycles. The summed E-state index contributed by atoms with van der Waals surface area (Å²) in [5, 5.41) is 9.65. The van der Waals surface area contributed by atoms with Crippen molar-refractivity contribution >= 4 is 61.3 Å². The lowest BCUT2D eigenvalue weighted by Gasteiger charge is -2.21. The number of ether oxygens (including phenoxy) is 2. The van der Waals surface area contributed by atoms with Crippen LogP contribution in [0.1, 0.15) is 21.5 Å². The standard InChI is InChI=1S/C19H13Br2ClO5/c20-7-11-4-13-18(25)12(8-27-19(13)14(21)5-11)3-10-1-2-15(22)16(6-10)26-9-17(23)24/h1-6H,7-9H2,(H,23,24)/b12-3+. The maximum absolute atomic E-state index is 12.9. The first-order valence-corrected chi connectivity index (χ1v) is 10.1. The smallest absolute Gasteiger partial charge is 0.341 e. The third kappa shape index (κ3) is 4.54. The molecule has 27 heavy (non-hydrogen) atoms. The number of rotatable bonds is 5. The Labute approximate surface area is 177 Å². The molecular formula is C19H13Br2ClO5.